The van der Waals surface area contributed by atoms with E-state index in [0.29, 0.717) is 6.04 Å². The highest BCUT2D eigenvalue weighted by Gasteiger charge is 2.19. The Kier molecular flexibility index (Phi) is 3.82. The summed E-state index contributed by atoms with van der Waals surface area (Å²) in [6.45, 7) is 2.97. The van der Waals surface area contributed by atoms with Crippen molar-refractivity contribution in [1.29, 1.82) is 0 Å². The first kappa shape index (κ1) is 12.7. The van der Waals surface area contributed by atoms with Crippen molar-refractivity contribution in [3.05, 3.63) is 28.5 Å². The number of hydrogen-bond donors (Lipinski definition) is 1. The molecule has 2 aromatic rings. The average molecular weight is 276 g/mol. The summed E-state index contributed by atoms with van der Waals surface area (Å²) in [5, 5.41) is 6.68. The summed E-state index contributed by atoms with van der Waals surface area (Å²) in [7, 11) is 0. The zero-order valence-corrected chi connectivity index (χ0v) is 12.1. The van der Waals surface area contributed by atoms with E-state index in [1.807, 2.05) is 11.6 Å². The molecule has 1 N–H and O–H groups in total. The molecule has 1 saturated carbocycles. The molecule has 4 nitrogen and oxygen atoms in total. The second-order valence-corrected chi connectivity index (χ2v) is 6.13. The van der Waals surface area contributed by atoms with Crippen LogP contribution < -0.4 is 5.32 Å². The van der Waals surface area contributed by atoms with Gasteiger partial charge in [0.15, 0.2) is 0 Å². The lowest BCUT2D eigenvalue weighted by atomic mass is 10.2. The molecule has 5 heteroatoms. The monoisotopic (exact) mass is 276 g/mol. The molecule has 0 saturated heterocycles. The summed E-state index contributed by atoms with van der Waals surface area (Å²) in [5.41, 5.74) is 1.10. The van der Waals surface area contributed by atoms with Gasteiger partial charge in [0.1, 0.15) is 0 Å². The zero-order valence-electron chi connectivity index (χ0n) is 11.3. The van der Waals surface area contributed by atoms with Crippen molar-refractivity contribution in [2.75, 3.05) is 11.9 Å². The Balaban J connectivity index is 1.63. The van der Waals surface area contributed by atoms with Gasteiger partial charge in [-0.15, -0.1) is 11.3 Å². The molecule has 1 aliphatic rings. The van der Waals surface area contributed by atoms with Crippen LogP contribution in [0.15, 0.2) is 17.8 Å². The molecule has 1 fully saturated rings. The molecular weight excluding hydrogens is 256 g/mol. The maximum absolute atomic E-state index is 4.61. The summed E-state index contributed by atoms with van der Waals surface area (Å²) in [6, 6.07) is 0.642. The van der Waals surface area contributed by atoms with E-state index in [2.05, 4.69) is 33.0 Å². The van der Waals surface area contributed by atoms with Crippen LogP contribution in [0.2, 0.25) is 0 Å². The van der Waals surface area contributed by atoms with Gasteiger partial charge in [0.2, 0.25) is 5.95 Å². The van der Waals surface area contributed by atoms with Gasteiger partial charge < -0.3 is 9.88 Å². The SMILES string of the molecule is Cc1cn(C2CCCC2)c(NCCc2nccs2)n1. The number of hydrogen-bond acceptors (Lipinski definition) is 4. The fraction of sp³-hybridized carbons (Fsp3) is 0.571. The molecule has 0 spiro atoms. The van der Waals surface area contributed by atoms with Crippen LogP contribution >= 0.6 is 11.3 Å². The second kappa shape index (κ2) is 5.74. The van der Waals surface area contributed by atoms with Crippen molar-refractivity contribution in [3.8, 4) is 0 Å². The quantitative estimate of drug-likeness (QED) is 0.910. The van der Waals surface area contributed by atoms with Crippen molar-refractivity contribution in [2.45, 2.75) is 45.1 Å². The van der Waals surface area contributed by atoms with Crippen molar-refractivity contribution in [3.63, 3.8) is 0 Å². The molecule has 0 amide bonds. The Morgan fingerprint density at radius 3 is 3.00 bits per heavy atom. The van der Waals surface area contributed by atoms with E-state index in [-0.39, 0.29) is 0 Å². The molecule has 2 heterocycles. The first-order valence-electron chi connectivity index (χ1n) is 7.00. The number of thiazole rings is 1. The number of aryl methyl sites for hydroxylation is 1. The maximum Gasteiger partial charge on any atom is 0.203 e. The van der Waals surface area contributed by atoms with E-state index in [4.69, 9.17) is 0 Å². The van der Waals surface area contributed by atoms with Crippen LogP contribution in [-0.2, 0) is 6.42 Å². The zero-order chi connectivity index (χ0) is 13.1. The van der Waals surface area contributed by atoms with E-state index in [9.17, 15) is 0 Å². The molecule has 0 unspecified atom stereocenters. The van der Waals surface area contributed by atoms with Gasteiger partial charge >= 0.3 is 0 Å². The molecule has 1 aliphatic carbocycles. The minimum absolute atomic E-state index is 0.642. The molecule has 0 aliphatic heterocycles. The number of rotatable bonds is 5. The Morgan fingerprint density at radius 2 is 2.26 bits per heavy atom. The van der Waals surface area contributed by atoms with E-state index >= 15 is 0 Å². The third kappa shape index (κ3) is 2.97. The minimum Gasteiger partial charge on any atom is -0.355 e. The Morgan fingerprint density at radius 1 is 1.42 bits per heavy atom. The second-order valence-electron chi connectivity index (χ2n) is 5.15. The van der Waals surface area contributed by atoms with Crippen molar-refractivity contribution in [1.82, 2.24) is 14.5 Å². The summed E-state index contributed by atoms with van der Waals surface area (Å²) in [6.07, 6.45) is 10.3. The highest BCUT2D eigenvalue weighted by atomic mass is 32.1. The van der Waals surface area contributed by atoms with E-state index in [1.54, 1.807) is 11.3 Å². The first-order valence-corrected chi connectivity index (χ1v) is 7.88. The standard InChI is InChI=1S/C14H20N4S/c1-11-10-18(12-4-2-3-5-12)14(17-11)16-7-6-13-15-8-9-19-13/h8-10,12H,2-7H2,1H3,(H,16,17). The van der Waals surface area contributed by atoms with E-state index in [0.717, 1.165) is 24.6 Å². The number of nitrogens with one attached hydrogen (secondary N) is 1. The van der Waals surface area contributed by atoms with Gasteiger partial charge in [-0.3, -0.25) is 0 Å². The fourth-order valence-corrected chi connectivity index (χ4v) is 3.39. The highest BCUT2D eigenvalue weighted by Crippen LogP contribution is 2.32. The smallest absolute Gasteiger partial charge is 0.203 e. The molecule has 0 aromatic carbocycles. The Bertz CT molecular complexity index is 512. The van der Waals surface area contributed by atoms with E-state index < -0.39 is 0 Å². The molecule has 0 radical (unpaired) electrons. The lowest BCUT2D eigenvalue weighted by molar-refractivity contribution is 0.522. The van der Waals surface area contributed by atoms with Gasteiger partial charge in [-0.25, -0.2) is 9.97 Å². The molecule has 3 rings (SSSR count). The lowest BCUT2D eigenvalue weighted by Crippen LogP contribution is -2.13. The van der Waals surface area contributed by atoms with E-state index in [1.165, 1.54) is 30.7 Å². The molecular formula is C14H20N4S. The van der Waals surface area contributed by atoms with Crippen LogP contribution in [0.25, 0.3) is 0 Å². The highest BCUT2D eigenvalue weighted by molar-refractivity contribution is 7.09. The molecule has 102 valence electrons. The average Bonchev–Trinajstić information content (AvgIpc) is 3.09. The van der Waals surface area contributed by atoms with Crippen molar-refractivity contribution in [2.24, 2.45) is 0 Å². The van der Waals surface area contributed by atoms with Crippen LogP contribution in [0, 0.1) is 6.92 Å². The van der Waals surface area contributed by atoms with Crippen molar-refractivity contribution >= 4 is 17.3 Å². The van der Waals surface area contributed by atoms with Gasteiger partial charge in [-0.2, -0.15) is 0 Å². The van der Waals surface area contributed by atoms with Gasteiger partial charge in [0.25, 0.3) is 0 Å². The minimum atomic E-state index is 0.642. The molecule has 19 heavy (non-hydrogen) atoms. The lowest BCUT2D eigenvalue weighted by Gasteiger charge is -2.15. The van der Waals surface area contributed by atoms with Crippen LogP contribution in [0.5, 0.6) is 0 Å². The molecule has 0 atom stereocenters. The molecule has 0 bridgehead atoms. The van der Waals surface area contributed by atoms with Gasteiger partial charge in [-0.05, 0) is 19.8 Å². The summed E-state index contributed by atoms with van der Waals surface area (Å²) >= 11 is 1.71. The van der Waals surface area contributed by atoms with Crippen LogP contribution in [-0.4, -0.2) is 21.1 Å². The topological polar surface area (TPSA) is 42.7 Å². The van der Waals surface area contributed by atoms with Crippen molar-refractivity contribution < 1.29 is 0 Å². The Labute approximate surface area is 117 Å². The summed E-state index contributed by atoms with van der Waals surface area (Å²) < 4.78 is 2.34. The predicted octanol–water partition coefficient (Wildman–Crippen LogP) is 3.42. The maximum atomic E-state index is 4.61. The van der Waals surface area contributed by atoms with Gasteiger partial charge in [-0.1, -0.05) is 12.8 Å². The first-order chi connectivity index (χ1) is 9.33. The fourth-order valence-electron chi connectivity index (χ4n) is 2.77. The third-order valence-corrected chi connectivity index (χ3v) is 4.52. The Hall–Kier alpha value is -1.36. The summed E-state index contributed by atoms with van der Waals surface area (Å²) in [4.78, 5) is 8.91. The normalized spacial score (nSPS) is 16.1. The van der Waals surface area contributed by atoms with Crippen LogP contribution in [0.3, 0.4) is 0 Å². The van der Waals surface area contributed by atoms with Crippen LogP contribution in [0.4, 0.5) is 5.95 Å². The number of imidazole rings is 1. The number of nitrogens with zero attached hydrogens (tertiary/aromatic N) is 3. The number of aromatic nitrogens is 3. The number of anilines is 1. The predicted molar refractivity (Wildman–Crippen MR) is 78.8 cm³/mol. The molecule has 2 aromatic heterocycles. The summed E-state index contributed by atoms with van der Waals surface area (Å²) in [5.74, 6) is 1.03. The van der Waals surface area contributed by atoms with Gasteiger partial charge in [0, 0.05) is 36.8 Å². The largest absolute Gasteiger partial charge is 0.355 e. The third-order valence-electron chi connectivity index (χ3n) is 3.68. The van der Waals surface area contributed by atoms with Gasteiger partial charge in [0.05, 0.1) is 10.7 Å². The van der Waals surface area contributed by atoms with Crippen LogP contribution in [0.1, 0.15) is 42.4 Å².